The van der Waals surface area contributed by atoms with Gasteiger partial charge >= 0.3 is 5.97 Å². The summed E-state index contributed by atoms with van der Waals surface area (Å²) in [6, 6.07) is 0. The van der Waals surface area contributed by atoms with Crippen LogP contribution >= 0.6 is 0 Å². The Kier molecular flexibility index (Phi) is 4.99. The number of carboxylic acid groups (broad SMARTS) is 1. The molecule has 0 aromatic carbocycles. The van der Waals surface area contributed by atoms with E-state index >= 15 is 0 Å². The van der Waals surface area contributed by atoms with Crippen LogP contribution in [0.15, 0.2) is 0 Å². The van der Waals surface area contributed by atoms with Gasteiger partial charge in [0, 0.05) is 0 Å². The van der Waals surface area contributed by atoms with Gasteiger partial charge in [0.2, 0.25) is 0 Å². The fourth-order valence-corrected chi connectivity index (χ4v) is 1.05. The third-order valence-corrected chi connectivity index (χ3v) is 1.59. The van der Waals surface area contributed by atoms with Crippen LogP contribution in [0.3, 0.4) is 0 Å². The second-order valence-corrected chi connectivity index (χ2v) is 4.20. The summed E-state index contributed by atoms with van der Waals surface area (Å²) in [5, 5.41) is 8.84. The molecule has 0 aliphatic heterocycles. The molecule has 3 heteroatoms. The van der Waals surface area contributed by atoms with Crippen LogP contribution in [0.5, 0.6) is 0 Å². The van der Waals surface area contributed by atoms with E-state index in [1.165, 1.54) is 0 Å². The first-order chi connectivity index (χ1) is 5.87. The minimum absolute atomic E-state index is 0.378. The van der Waals surface area contributed by atoms with Gasteiger partial charge in [0.1, 0.15) is 0 Å². The molecule has 0 rings (SSSR count). The van der Waals surface area contributed by atoms with Crippen LogP contribution in [0.1, 0.15) is 47.0 Å². The zero-order valence-corrected chi connectivity index (χ0v) is 8.96. The smallest absolute Gasteiger partial charge is 0.332 e. The van der Waals surface area contributed by atoms with Crippen LogP contribution in [-0.4, -0.2) is 22.8 Å². The summed E-state index contributed by atoms with van der Waals surface area (Å²) in [4.78, 5) is 10.8. The molecule has 0 aromatic rings. The highest BCUT2D eigenvalue weighted by atomic mass is 16.5. The molecule has 1 N–H and O–H groups in total. The first-order valence-corrected chi connectivity index (χ1v) is 4.77. The molecular weight excluding hydrogens is 168 g/mol. The molecule has 0 bridgehead atoms. The zero-order chi connectivity index (χ0) is 10.5. The molecule has 1 atom stereocenters. The van der Waals surface area contributed by atoms with Gasteiger partial charge in [-0.15, -0.1) is 0 Å². The average Bonchev–Trinajstić information content (AvgIpc) is 1.95. The van der Waals surface area contributed by atoms with Crippen molar-refractivity contribution in [2.45, 2.75) is 58.7 Å². The fraction of sp³-hybridized carbons (Fsp3) is 0.900. The summed E-state index contributed by atoms with van der Waals surface area (Å²) < 4.78 is 5.40. The van der Waals surface area contributed by atoms with Crippen molar-refractivity contribution >= 4 is 5.97 Å². The Morgan fingerprint density at radius 3 is 2.31 bits per heavy atom. The summed E-state index contributed by atoms with van der Waals surface area (Å²) in [5.41, 5.74) is -0.378. The number of carboxylic acids is 1. The van der Waals surface area contributed by atoms with Crippen LogP contribution in [-0.2, 0) is 9.53 Å². The van der Waals surface area contributed by atoms with Gasteiger partial charge in [-0.05, 0) is 27.2 Å². The third kappa shape index (κ3) is 6.58. The largest absolute Gasteiger partial charge is 0.479 e. The number of ether oxygens (including phenoxy) is 1. The van der Waals surface area contributed by atoms with E-state index in [0.717, 1.165) is 12.8 Å². The van der Waals surface area contributed by atoms with E-state index in [-0.39, 0.29) is 5.60 Å². The first-order valence-electron chi connectivity index (χ1n) is 4.77. The summed E-state index contributed by atoms with van der Waals surface area (Å²) in [5.74, 6) is -0.858. The second kappa shape index (κ2) is 5.22. The SMILES string of the molecule is CCCCC(OC(C)(C)C)C(=O)O. The Balaban J connectivity index is 4.03. The normalized spacial score (nSPS) is 14.2. The number of hydrogen-bond donors (Lipinski definition) is 1. The third-order valence-electron chi connectivity index (χ3n) is 1.59. The molecule has 0 fully saturated rings. The average molecular weight is 188 g/mol. The van der Waals surface area contributed by atoms with E-state index in [1.54, 1.807) is 0 Å². The van der Waals surface area contributed by atoms with E-state index in [1.807, 2.05) is 27.7 Å². The maximum absolute atomic E-state index is 10.8. The van der Waals surface area contributed by atoms with Crippen LogP contribution < -0.4 is 0 Å². The number of carbonyl (C=O) groups is 1. The lowest BCUT2D eigenvalue weighted by Gasteiger charge is -2.24. The van der Waals surface area contributed by atoms with Crippen molar-refractivity contribution in [3.63, 3.8) is 0 Å². The molecule has 1 unspecified atom stereocenters. The van der Waals surface area contributed by atoms with Crippen molar-refractivity contribution in [3.8, 4) is 0 Å². The van der Waals surface area contributed by atoms with Crippen molar-refractivity contribution in [1.29, 1.82) is 0 Å². The van der Waals surface area contributed by atoms with Crippen LogP contribution in [0, 0.1) is 0 Å². The second-order valence-electron chi connectivity index (χ2n) is 4.20. The maximum atomic E-state index is 10.8. The molecule has 78 valence electrons. The molecule has 0 heterocycles. The molecule has 0 saturated heterocycles. The predicted molar refractivity (Wildman–Crippen MR) is 51.8 cm³/mol. The monoisotopic (exact) mass is 188 g/mol. The number of aliphatic carboxylic acids is 1. The van der Waals surface area contributed by atoms with Crippen molar-refractivity contribution in [3.05, 3.63) is 0 Å². The topological polar surface area (TPSA) is 46.5 Å². The van der Waals surface area contributed by atoms with E-state index < -0.39 is 12.1 Å². The maximum Gasteiger partial charge on any atom is 0.332 e. The molecule has 0 amide bonds. The highest BCUT2D eigenvalue weighted by Gasteiger charge is 2.23. The molecule has 0 saturated carbocycles. The van der Waals surface area contributed by atoms with Gasteiger partial charge in [-0.25, -0.2) is 4.79 Å². The fourth-order valence-electron chi connectivity index (χ4n) is 1.05. The lowest BCUT2D eigenvalue weighted by molar-refractivity contribution is -0.160. The highest BCUT2D eigenvalue weighted by Crippen LogP contribution is 2.15. The molecule has 13 heavy (non-hydrogen) atoms. The van der Waals surface area contributed by atoms with Gasteiger partial charge in [0.15, 0.2) is 6.10 Å². The van der Waals surface area contributed by atoms with Crippen molar-refractivity contribution in [2.24, 2.45) is 0 Å². The molecule has 0 radical (unpaired) electrons. The molecular formula is C10H20O3. The predicted octanol–water partition coefficient (Wildman–Crippen LogP) is 2.44. The minimum atomic E-state index is -0.858. The zero-order valence-electron chi connectivity index (χ0n) is 8.96. The minimum Gasteiger partial charge on any atom is -0.479 e. The number of hydrogen-bond acceptors (Lipinski definition) is 2. The Labute approximate surface area is 80.1 Å². The van der Waals surface area contributed by atoms with Crippen LogP contribution in [0.4, 0.5) is 0 Å². The number of unbranched alkanes of at least 4 members (excludes halogenated alkanes) is 1. The van der Waals surface area contributed by atoms with Crippen LogP contribution in [0.2, 0.25) is 0 Å². The highest BCUT2D eigenvalue weighted by molar-refractivity contribution is 5.72. The molecule has 3 nitrogen and oxygen atoms in total. The Morgan fingerprint density at radius 2 is 2.00 bits per heavy atom. The number of rotatable bonds is 5. The van der Waals surface area contributed by atoms with E-state index in [4.69, 9.17) is 9.84 Å². The molecule has 0 aliphatic carbocycles. The summed E-state index contributed by atoms with van der Waals surface area (Å²) in [7, 11) is 0. The quantitative estimate of drug-likeness (QED) is 0.720. The van der Waals surface area contributed by atoms with Crippen molar-refractivity contribution < 1.29 is 14.6 Å². The summed E-state index contributed by atoms with van der Waals surface area (Å²) in [6.07, 6.45) is 1.84. The first kappa shape index (κ1) is 12.4. The van der Waals surface area contributed by atoms with E-state index in [2.05, 4.69) is 0 Å². The van der Waals surface area contributed by atoms with Gasteiger partial charge in [0.05, 0.1) is 5.60 Å². The lowest BCUT2D eigenvalue weighted by Crippen LogP contribution is -2.33. The lowest BCUT2D eigenvalue weighted by atomic mass is 10.1. The van der Waals surface area contributed by atoms with Gasteiger partial charge in [-0.2, -0.15) is 0 Å². The Morgan fingerprint density at radius 1 is 1.46 bits per heavy atom. The van der Waals surface area contributed by atoms with Gasteiger partial charge in [-0.1, -0.05) is 19.8 Å². The summed E-state index contributed by atoms with van der Waals surface area (Å²) >= 11 is 0. The van der Waals surface area contributed by atoms with Crippen LogP contribution in [0.25, 0.3) is 0 Å². The van der Waals surface area contributed by atoms with Gasteiger partial charge in [-0.3, -0.25) is 0 Å². The van der Waals surface area contributed by atoms with Gasteiger partial charge in [0.25, 0.3) is 0 Å². The van der Waals surface area contributed by atoms with E-state index in [0.29, 0.717) is 6.42 Å². The van der Waals surface area contributed by atoms with Gasteiger partial charge < -0.3 is 9.84 Å². The molecule has 0 spiro atoms. The summed E-state index contributed by atoms with van der Waals surface area (Å²) in [6.45, 7) is 7.65. The molecule has 0 aliphatic rings. The van der Waals surface area contributed by atoms with Crippen molar-refractivity contribution in [2.75, 3.05) is 0 Å². The molecule has 0 aromatic heterocycles. The standard InChI is InChI=1S/C10H20O3/c1-5-6-7-8(9(11)12)13-10(2,3)4/h8H,5-7H2,1-4H3,(H,11,12). The Hall–Kier alpha value is -0.570. The van der Waals surface area contributed by atoms with E-state index in [9.17, 15) is 4.79 Å². The Bertz CT molecular complexity index is 158. The van der Waals surface area contributed by atoms with Crippen molar-refractivity contribution in [1.82, 2.24) is 0 Å².